The van der Waals surface area contributed by atoms with Crippen LogP contribution >= 0.6 is 11.6 Å². The summed E-state index contributed by atoms with van der Waals surface area (Å²) in [5.74, 6) is 0.990. The van der Waals surface area contributed by atoms with Gasteiger partial charge in [0.1, 0.15) is 0 Å². The average Bonchev–Trinajstić information content (AvgIpc) is 3.36. The summed E-state index contributed by atoms with van der Waals surface area (Å²) < 4.78 is 33.8. The summed E-state index contributed by atoms with van der Waals surface area (Å²) in [4.78, 5) is 14.3. The molecule has 8 nitrogen and oxygen atoms in total. The van der Waals surface area contributed by atoms with Crippen LogP contribution in [0.1, 0.15) is 96.5 Å². The van der Waals surface area contributed by atoms with Gasteiger partial charge in [0.2, 0.25) is 15.9 Å². The maximum Gasteiger partial charge on any atom is 0.238 e. The van der Waals surface area contributed by atoms with Gasteiger partial charge in [-0.2, -0.15) is 4.31 Å². The molecular weight excluding hydrogens is 584 g/mol. The maximum absolute atomic E-state index is 14.3. The van der Waals surface area contributed by atoms with Gasteiger partial charge < -0.3 is 20.7 Å². The number of hydrogen-bond donors (Lipinski definition) is 3. The van der Waals surface area contributed by atoms with Gasteiger partial charge >= 0.3 is 0 Å². The first-order valence-corrected chi connectivity index (χ1v) is 18.7. The van der Waals surface area contributed by atoms with Gasteiger partial charge in [0.15, 0.2) is 0 Å². The summed E-state index contributed by atoms with van der Waals surface area (Å²) in [5, 5.41) is 11.5. The summed E-state index contributed by atoms with van der Waals surface area (Å²) in [6, 6.07) is 8.06. The quantitative estimate of drug-likeness (QED) is 0.322. The molecule has 2 bridgehead atoms. The molecule has 242 valence electrons. The smallest absolute Gasteiger partial charge is 0.238 e. The van der Waals surface area contributed by atoms with E-state index in [1.807, 2.05) is 12.1 Å². The minimum Gasteiger partial charge on any atom is -0.376 e. The van der Waals surface area contributed by atoms with Crippen LogP contribution in [0.25, 0.3) is 0 Å². The number of carbonyl (C=O) groups is 1. The van der Waals surface area contributed by atoms with Crippen molar-refractivity contribution in [2.45, 2.75) is 121 Å². The Balaban J connectivity index is 1.30. The van der Waals surface area contributed by atoms with E-state index >= 15 is 0 Å². The van der Waals surface area contributed by atoms with Crippen molar-refractivity contribution >= 4 is 27.5 Å². The number of nitrogens with zero attached hydrogens (tertiary/aromatic N) is 1. The first-order valence-electron chi connectivity index (χ1n) is 16.7. The fraction of sp³-hybridized carbons (Fsp3) is 0.788. The number of nitrogens with one attached hydrogen (secondary N) is 3. The van der Waals surface area contributed by atoms with Crippen molar-refractivity contribution in [1.29, 1.82) is 0 Å². The molecule has 0 spiro atoms. The SMILES string of the molecule is CCCN[C@H](C(=O)N[C@H]1CCC[C@@H]1CC[C@H]1CN[C@@H]2CCCS(=O)(=O)N1C2)[C@@H](c1ccc(Cl)cc1)C1CCOC(C)(C)C1. The predicted octanol–water partition coefficient (Wildman–Crippen LogP) is 4.83. The largest absolute Gasteiger partial charge is 0.376 e. The third-order valence-electron chi connectivity index (χ3n) is 10.4. The van der Waals surface area contributed by atoms with Gasteiger partial charge in [0, 0.05) is 48.8 Å². The highest BCUT2D eigenvalue weighted by molar-refractivity contribution is 7.89. The molecule has 8 atom stereocenters. The summed E-state index contributed by atoms with van der Waals surface area (Å²) in [7, 11) is -3.20. The Morgan fingerprint density at radius 2 is 1.93 bits per heavy atom. The molecule has 1 aromatic carbocycles. The monoisotopic (exact) mass is 636 g/mol. The van der Waals surface area contributed by atoms with E-state index in [1.54, 1.807) is 4.31 Å². The van der Waals surface area contributed by atoms with Gasteiger partial charge in [-0.15, -0.1) is 0 Å². The van der Waals surface area contributed by atoms with E-state index in [0.29, 0.717) is 30.0 Å². The van der Waals surface area contributed by atoms with Gasteiger partial charge in [0.05, 0.1) is 17.4 Å². The molecule has 43 heavy (non-hydrogen) atoms. The van der Waals surface area contributed by atoms with E-state index in [1.165, 1.54) is 0 Å². The Bertz CT molecular complexity index is 1180. The Hall–Kier alpha value is -1.23. The first-order chi connectivity index (χ1) is 20.6. The highest BCUT2D eigenvalue weighted by Gasteiger charge is 2.42. The molecule has 4 aliphatic rings. The van der Waals surface area contributed by atoms with E-state index in [9.17, 15) is 13.2 Å². The third-order valence-corrected chi connectivity index (χ3v) is 12.6. The van der Waals surface area contributed by atoms with Crippen molar-refractivity contribution in [3.05, 3.63) is 34.9 Å². The van der Waals surface area contributed by atoms with Crippen LogP contribution in [0, 0.1) is 11.8 Å². The molecule has 5 rings (SSSR count). The number of fused-ring (bicyclic) bond motifs is 2. The van der Waals surface area contributed by atoms with Crippen LogP contribution in [0.2, 0.25) is 5.02 Å². The van der Waals surface area contributed by atoms with Gasteiger partial charge in [0.25, 0.3) is 0 Å². The minimum atomic E-state index is -3.20. The van der Waals surface area contributed by atoms with Crippen LogP contribution in [0.5, 0.6) is 0 Å². The summed E-state index contributed by atoms with van der Waals surface area (Å²) >= 11 is 6.29. The number of sulfonamides is 1. The predicted molar refractivity (Wildman–Crippen MR) is 173 cm³/mol. The van der Waals surface area contributed by atoms with Crippen LogP contribution in [0.3, 0.4) is 0 Å². The molecule has 1 amide bonds. The lowest BCUT2D eigenvalue weighted by Gasteiger charge is -2.42. The highest BCUT2D eigenvalue weighted by Crippen LogP contribution is 2.41. The van der Waals surface area contributed by atoms with Gasteiger partial charge in [-0.1, -0.05) is 37.1 Å². The lowest BCUT2D eigenvalue weighted by molar-refractivity contribution is -0.126. The van der Waals surface area contributed by atoms with Crippen LogP contribution < -0.4 is 16.0 Å². The van der Waals surface area contributed by atoms with Crippen molar-refractivity contribution in [3.63, 3.8) is 0 Å². The van der Waals surface area contributed by atoms with Crippen molar-refractivity contribution < 1.29 is 17.9 Å². The second kappa shape index (κ2) is 14.5. The number of benzene rings is 1. The van der Waals surface area contributed by atoms with Crippen LogP contribution in [0.15, 0.2) is 24.3 Å². The number of piperazine rings is 1. The number of ether oxygens (including phenoxy) is 1. The summed E-state index contributed by atoms with van der Waals surface area (Å²) in [6.07, 6.45) is 9.29. The lowest BCUT2D eigenvalue weighted by atomic mass is 9.73. The molecule has 3 N–H and O–H groups in total. The molecule has 3 heterocycles. The second-order valence-corrected chi connectivity index (χ2v) is 16.5. The molecule has 0 aromatic heterocycles. The Labute approximate surface area is 264 Å². The molecule has 2 unspecified atom stereocenters. The standard InChI is InChI=1S/C33H53ClN4O4S/c1-4-17-35-31(30(24-10-13-26(34)14-11-24)25-16-18-42-33(2,3)20-25)32(39)37-29-9-5-7-23(29)12-15-28-21-36-27-8-6-19-43(40,41)38(28)22-27/h10-11,13-14,23,25,27-31,35-36H,4-9,12,15-22H2,1-3H3,(H,37,39)/t23-,25?,27-,28+,29+,30+,31+/m1/s1. The molecule has 10 heteroatoms. The fourth-order valence-corrected chi connectivity index (χ4v) is 10.1. The van der Waals surface area contributed by atoms with Crippen LogP contribution in [0.4, 0.5) is 0 Å². The number of carbonyl (C=O) groups excluding carboxylic acids is 1. The van der Waals surface area contributed by atoms with Crippen molar-refractivity contribution in [2.24, 2.45) is 11.8 Å². The molecule has 1 aliphatic carbocycles. The third kappa shape index (κ3) is 8.33. The van der Waals surface area contributed by atoms with Crippen molar-refractivity contribution in [3.8, 4) is 0 Å². The zero-order valence-corrected chi connectivity index (χ0v) is 27.9. The topological polar surface area (TPSA) is 99.8 Å². The van der Waals surface area contributed by atoms with Gasteiger partial charge in [-0.05, 0) is 108 Å². The second-order valence-electron chi connectivity index (χ2n) is 14.0. The van der Waals surface area contributed by atoms with Crippen molar-refractivity contribution in [1.82, 2.24) is 20.3 Å². The number of amides is 1. The van der Waals surface area contributed by atoms with Crippen LogP contribution in [-0.2, 0) is 19.6 Å². The van der Waals surface area contributed by atoms with Crippen LogP contribution in [-0.4, -0.2) is 80.4 Å². The van der Waals surface area contributed by atoms with Gasteiger partial charge in [-0.25, -0.2) is 8.42 Å². The molecule has 1 saturated carbocycles. The van der Waals surface area contributed by atoms with Crippen molar-refractivity contribution in [2.75, 3.05) is 32.0 Å². The molecule has 4 fully saturated rings. The van der Waals surface area contributed by atoms with E-state index in [0.717, 1.165) is 82.9 Å². The molecule has 3 saturated heterocycles. The average molecular weight is 637 g/mol. The Kier molecular flexibility index (Phi) is 11.1. The van der Waals surface area contributed by atoms with E-state index in [4.69, 9.17) is 16.3 Å². The zero-order valence-electron chi connectivity index (χ0n) is 26.3. The maximum atomic E-state index is 14.3. The summed E-state index contributed by atoms with van der Waals surface area (Å²) in [5.41, 5.74) is 0.908. The molecular formula is C33H53ClN4O4S. The highest BCUT2D eigenvalue weighted by atomic mass is 35.5. The van der Waals surface area contributed by atoms with E-state index < -0.39 is 10.0 Å². The first kappa shape index (κ1) is 33.1. The number of hydrogen-bond acceptors (Lipinski definition) is 6. The minimum absolute atomic E-state index is 0.00125. The number of rotatable bonds is 11. The summed E-state index contributed by atoms with van der Waals surface area (Å²) in [6.45, 7) is 9.21. The molecule has 1 aromatic rings. The molecule has 0 radical (unpaired) electrons. The van der Waals surface area contributed by atoms with Gasteiger partial charge in [-0.3, -0.25) is 4.79 Å². The Morgan fingerprint density at radius 1 is 1.14 bits per heavy atom. The van der Waals surface area contributed by atoms with E-state index in [2.05, 4.69) is 48.9 Å². The zero-order chi connectivity index (χ0) is 30.6. The molecule has 3 aliphatic heterocycles. The van der Waals surface area contributed by atoms with E-state index in [-0.39, 0.29) is 47.3 Å². The Morgan fingerprint density at radius 3 is 2.67 bits per heavy atom. The fourth-order valence-electron chi connectivity index (χ4n) is 8.19. The number of halogens is 1. The normalized spacial score (nSPS) is 33.3. The lowest BCUT2D eigenvalue weighted by Crippen LogP contribution is -2.57.